The van der Waals surface area contributed by atoms with Crippen molar-refractivity contribution in [2.24, 2.45) is 0 Å². The zero-order chi connectivity index (χ0) is 16.3. The van der Waals surface area contributed by atoms with Crippen LogP contribution in [0.15, 0.2) is 66.7 Å². The van der Waals surface area contributed by atoms with Gasteiger partial charge in [0.25, 0.3) is 0 Å². The van der Waals surface area contributed by atoms with E-state index >= 15 is 0 Å². The van der Waals surface area contributed by atoms with Crippen LogP contribution in [0.2, 0.25) is 0 Å². The van der Waals surface area contributed by atoms with Crippen LogP contribution in [0.4, 0.5) is 5.69 Å². The molecule has 0 aliphatic carbocycles. The molecule has 0 amide bonds. The molecule has 1 heterocycles. The molecule has 3 nitrogen and oxygen atoms in total. The maximum atomic E-state index is 11.3. The van der Waals surface area contributed by atoms with Gasteiger partial charge in [-0.1, -0.05) is 49.0 Å². The van der Waals surface area contributed by atoms with Gasteiger partial charge in [-0.2, -0.15) is 0 Å². The fraction of sp³-hybridized carbons (Fsp3) is 0.300. The Morgan fingerprint density at radius 3 is 2.13 bits per heavy atom. The van der Waals surface area contributed by atoms with E-state index in [0.717, 1.165) is 43.1 Å². The molecule has 0 bridgehead atoms. The highest BCUT2D eigenvalue weighted by atomic mass is 16.5. The largest absolute Gasteiger partial charge is 0.378 e. The minimum absolute atomic E-state index is 0.711. The van der Waals surface area contributed by atoms with Crippen molar-refractivity contribution in [3.8, 4) is 0 Å². The highest BCUT2D eigenvalue weighted by molar-refractivity contribution is 5.52. The topological polar surface area (TPSA) is 32.7 Å². The lowest BCUT2D eigenvalue weighted by Crippen LogP contribution is -2.36. The lowest BCUT2D eigenvalue weighted by atomic mass is 9.81. The van der Waals surface area contributed by atoms with E-state index in [1.54, 1.807) is 0 Å². The van der Waals surface area contributed by atoms with Crippen LogP contribution < -0.4 is 4.90 Å². The average Bonchev–Trinajstić information content (AvgIpc) is 2.62. The van der Waals surface area contributed by atoms with E-state index in [1.807, 2.05) is 49.4 Å². The third kappa shape index (κ3) is 3.03. The van der Waals surface area contributed by atoms with Gasteiger partial charge in [0.15, 0.2) is 0 Å². The summed E-state index contributed by atoms with van der Waals surface area (Å²) in [6, 6.07) is 17.8. The first-order chi connectivity index (χ1) is 11.1. The van der Waals surface area contributed by atoms with Gasteiger partial charge < -0.3 is 14.7 Å². The molecule has 0 saturated carbocycles. The predicted octanol–water partition coefficient (Wildman–Crippen LogP) is 3.34. The Bertz CT molecular complexity index is 660. The van der Waals surface area contributed by atoms with Gasteiger partial charge in [-0.25, -0.2) is 0 Å². The number of nitrogens with zero attached hydrogens (tertiary/aromatic N) is 1. The van der Waals surface area contributed by atoms with Gasteiger partial charge in [-0.15, -0.1) is 0 Å². The van der Waals surface area contributed by atoms with Crippen LogP contribution in [0.25, 0.3) is 0 Å². The fourth-order valence-electron chi connectivity index (χ4n) is 3.07. The van der Waals surface area contributed by atoms with Gasteiger partial charge in [0.1, 0.15) is 5.60 Å². The standard InChI is InChI=1S/C20H23NO2/c1-16(2)20(22,17-6-4-3-5-7-17)18-8-10-19(11-9-18)21-12-14-23-15-13-21/h3-11,22H,1,12-15H2,2H3. The molecule has 1 saturated heterocycles. The molecule has 0 radical (unpaired) electrons. The van der Waals surface area contributed by atoms with E-state index in [4.69, 9.17) is 4.74 Å². The van der Waals surface area contributed by atoms with E-state index < -0.39 is 5.60 Å². The van der Waals surface area contributed by atoms with E-state index in [1.165, 1.54) is 0 Å². The van der Waals surface area contributed by atoms with E-state index in [9.17, 15) is 5.11 Å². The van der Waals surface area contributed by atoms with Gasteiger partial charge in [-0.05, 0) is 35.8 Å². The molecule has 1 atom stereocenters. The zero-order valence-electron chi connectivity index (χ0n) is 13.5. The molecule has 1 N–H and O–H groups in total. The van der Waals surface area contributed by atoms with Crippen molar-refractivity contribution in [2.75, 3.05) is 31.2 Å². The van der Waals surface area contributed by atoms with Crippen LogP contribution in [0, 0.1) is 0 Å². The van der Waals surface area contributed by atoms with Crippen molar-refractivity contribution >= 4 is 5.69 Å². The number of ether oxygens (including phenoxy) is 1. The van der Waals surface area contributed by atoms with Crippen molar-refractivity contribution in [1.29, 1.82) is 0 Å². The fourth-order valence-corrected chi connectivity index (χ4v) is 3.07. The molecule has 23 heavy (non-hydrogen) atoms. The molecular weight excluding hydrogens is 286 g/mol. The van der Waals surface area contributed by atoms with Gasteiger partial charge in [-0.3, -0.25) is 0 Å². The van der Waals surface area contributed by atoms with Gasteiger partial charge in [0.2, 0.25) is 0 Å². The minimum Gasteiger partial charge on any atom is -0.378 e. The number of hydrogen-bond acceptors (Lipinski definition) is 3. The SMILES string of the molecule is C=C(C)C(O)(c1ccccc1)c1ccc(N2CCOCC2)cc1. The summed E-state index contributed by atoms with van der Waals surface area (Å²) in [4.78, 5) is 2.30. The normalized spacial score (nSPS) is 17.6. The smallest absolute Gasteiger partial charge is 0.136 e. The van der Waals surface area contributed by atoms with Crippen LogP contribution >= 0.6 is 0 Å². The Morgan fingerprint density at radius 1 is 1.00 bits per heavy atom. The number of anilines is 1. The first-order valence-corrected chi connectivity index (χ1v) is 7.99. The van der Waals surface area contributed by atoms with Crippen LogP contribution in [-0.4, -0.2) is 31.4 Å². The number of hydrogen-bond donors (Lipinski definition) is 1. The van der Waals surface area contributed by atoms with Crippen molar-refractivity contribution in [1.82, 2.24) is 0 Å². The second kappa shape index (κ2) is 6.57. The second-order valence-electron chi connectivity index (χ2n) is 6.00. The lowest BCUT2D eigenvalue weighted by Gasteiger charge is -2.32. The van der Waals surface area contributed by atoms with Crippen LogP contribution in [0.3, 0.4) is 0 Å². The maximum absolute atomic E-state index is 11.3. The number of rotatable bonds is 4. The van der Waals surface area contributed by atoms with Crippen molar-refractivity contribution in [2.45, 2.75) is 12.5 Å². The van der Waals surface area contributed by atoms with Crippen LogP contribution in [0.5, 0.6) is 0 Å². The predicted molar refractivity (Wildman–Crippen MR) is 93.7 cm³/mol. The van der Waals surface area contributed by atoms with E-state index in [-0.39, 0.29) is 0 Å². The summed E-state index contributed by atoms with van der Waals surface area (Å²) < 4.78 is 5.40. The first kappa shape index (κ1) is 15.8. The second-order valence-corrected chi connectivity index (χ2v) is 6.00. The van der Waals surface area contributed by atoms with E-state index in [2.05, 4.69) is 23.6 Å². The average molecular weight is 309 g/mol. The summed E-state index contributed by atoms with van der Waals surface area (Å²) in [5.41, 5.74) is 2.39. The molecule has 2 aromatic carbocycles. The summed E-state index contributed by atoms with van der Waals surface area (Å²) in [6.07, 6.45) is 0. The Hall–Kier alpha value is -2.10. The quantitative estimate of drug-likeness (QED) is 0.879. The molecule has 120 valence electrons. The molecule has 3 heteroatoms. The third-order valence-corrected chi connectivity index (χ3v) is 4.47. The van der Waals surface area contributed by atoms with Crippen molar-refractivity contribution < 1.29 is 9.84 Å². The highest BCUT2D eigenvalue weighted by Crippen LogP contribution is 2.36. The monoisotopic (exact) mass is 309 g/mol. The molecular formula is C20H23NO2. The Balaban J connectivity index is 1.93. The molecule has 1 aliphatic heterocycles. The maximum Gasteiger partial charge on any atom is 0.136 e. The van der Waals surface area contributed by atoms with Crippen molar-refractivity contribution in [3.05, 3.63) is 77.9 Å². The van der Waals surface area contributed by atoms with Gasteiger partial charge in [0, 0.05) is 18.8 Å². The summed E-state index contributed by atoms with van der Waals surface area (Å²) >= 11 is 0. The Labute approximate surface area is 137 Å². The third-order valence-electron chi connectivity index (χ3n) is 4.47. The number of morpholine rings is 1. The highest BCUT2D eigenvalue weighted by Gasteiger charge is 2.32. The lowest BCUT2D eigenvalue weighted by molar-refractivity contribution is 0.121. The summed E-state index contributed by atoms with van der Waals surface area (Å²) in [5.74, 6) is 0. The molecule has 1 unspecified atom stereocenters. The Kier molecular flexibility index (Phi) is 4.51. The molecule has 1 fully saturated rings. The Morgan fingerprint density at radius 2 is 1.57 bits per heavy atom. The van der Waals surface area contributed by atoms with Crippen LogP contribution in [0.1, 0.15) is 18.1 Å². The van der Waals surface area contributed by atoms with Crippen LogP contribution in [-0.2, 0) is 10.3 Å². The van der Waals surface area contributed by atoms with Crippen molar-refractivity contribution in [3.63, 3.8) is 0 Å². The summed E-state index contributed by atoms with van der Waals surface area (Å²) in [7, 11) is 0. The summed E-state index contributed by atoms with van der Waals surface area (Å²) in [6.45, 7) is 9.22. The molecule has 0 aromatic heterocycles. The van der Waals surface area contributed by atoms with Gasteiger partial charge >= 0.3 is 0 Å². The zero-order valence-corrected chi connectivity index (χ0v) is 13.5. The molecule has 3 rings (SSSR count). The van der Waals surface area contributed by atoms with Gasteiger partial charge in [0.05, 0.1) is 13.2 Å². The molecule has 0 spiro atoms. The number of aliphatic hydroxyl groups is 1. The molecule has 1 aliphatic rings. The summed E-state index contributed by atoms with van der Waals surface area (Å²) in [5, 5.41) is 11.3. The molecule has 2 aromatic rings. The number of benzene rings is 2. The minimum atomic E-state index is -1.16. The first-order valence-electron chi connectivity index (χ1n) is 7.99. The van der Waals surface area contributed by atoms with E-state index in [0.29, 0.717) is 5.57 Å².